The number of ether oxygens (including phenoxy) is 5. The van der Waals surface area contributed by atoms with Crippen LogP contribution in [0.2, 0.25) is 0 Å². The molecule has 9 heteroatoms. The summed E-state index contributed by atoms with van der Waals surface area (Å²) < 4.78 is 29.1. The Morgan fingerprint density at radius 3 is 2.31 bits per heavy atom. The van der Waals surface area contributed by atoms with Gasteiger partial charge in [-0.1, -0.05) is 6.07 Å². The molecule has 1 aliphatic rings. The van der Waals surface area contributed by atoms with E-state index in [0.717, 1.165) is 5.56 Å². The van der Waals surface area contributed by atoms with Gasteiger partial charge in [0, 0.05) is 17.3 Å². The minimum Gasteiger partial charge on any atom is -0.497 e. The van der Waals surface area contributed by atoms with Gasteiger partial charge in [-0.15, -0.1) is 0 Å². The van der Waals surface area contributed by atoms with Crippen LogP contribution in [-0.2, 0) is 6.54 Å². The molecule has 1 atom stereocenters. The smallest absolute Gasteiger partial charge is 0.259 e. The van der Waals surface area contributed by atoms with Crippen LogP contribution in [0.5, 0.6) is 28.7 Å². The van der Waals surface area contributed by atoms with Crippen molar-refractivity contribution in [3.63, 3.8) is 0 Å². The molecule has 9 nitrogen and oxygen atoms in total. The highest BCUT2D eigenvalue weighted by Gasteiger charge is 2.36. The van der Waals surface area contributed by atoms with Crippen LogP contribution >= 0.6 is 0 Å². The minimum absolute atomic E-state index is 0.0590. The molecule has 0 fully saturated rings. The highest BCUT2D eigenvalue weighted by atomic mass is 16.5. The van der Waals surface area contributed by atoms with Crippen LogP contribution in [0, 0.1) is 18.3 Å². The Labute approximate surface area is 208 Å². The molecule has 36 heavy (non-hydrogen) atoms. The molecule has 0 radical (unpaired) electrons. The summed E-state index contributed by atoms with van der Waals surface area (Å²) in [5, 5.41) is 9.99. The fraction of sp³-hybridized carbons (Fsp3) is 0.259. The molecule has 0 spiro atoms. The lowest BCUT2D eigenvalue weighted by Gasteiger charge is -2.28. The maximum atomic E-state index is 14.0. The Balaban J connectivity index is 1.93. The van der Waals surface area contributed by atoms with Crippen molar-refractivity contribution in [1.82, 2.24) is 4.57 Å². The number of nitrogens with zero attached hydrogens (tertiary/aromatic N) is 2. The number of hydrogen-bond acceptors (Lipinski definition) is 8. The molecule has 1 aliphatic heterocycles. The third kappa shape index (κ3) is 4.18. The van der Waals surface area contributed by atoms with E-state index >= 15 is 0 Å². The van der Waals surface area contributed by atoms with E-state index in [2.05, 4.69) is 6.07 Å². The molecular weight excluding hydrogens is 462 g/mol. The molecule has 2 heterocycles. The van der Waals surface area contributed by atoms with Gasteiger partial charge in [-0.3, -0.25) is 4.79 Å². The number of allylic oxidation sites excluding steroid dienone is 1. The van der Waals surface area contributed by atoms with Crippen LogP contribution in [0.25, 0.3) is 0 Å². The van der Waals surface area contributed by atoms with Crippen molar-refractivity contribution in [2.45, 2.75) is 19.4 Å². The average molecular weight is 490 g/mol. The number of methoxy groups -OCH3 is 4. The van der Waals surface area contributed by atoms with Crippen molar-refractivity contribution in [2.24, 2.45) is 5.73 Å². The van der Waals surface area contributed by atoms with E-state index in [9.17, 15) is 10.1 Å². The molecular formula is C27H27N3O6. The molecule has 0 saturated heterocycles. The van der Waals surface area contributed by atoms with Crippen molar-refractivity contribution in [3.05, 3.63) is 86.7 Å². The molecule has 3 aromatic rings. The summed E-state index contributed by atoms with van der Waals surface area (Å²) in [7, 11) is 6.18. The predicted molar refractivity (Wildman–Crippen MR) is 133 cm³/mol. The second kappa shape index (κ2) is 9.96. The predicted octanol–water partition coefficient (Wildman–Crippen LogP) is 3.46. The first-order valence-corrected chi connectivity index (χ1v) is 11.1. The largest absolute Gasteiger partial charge is 0.497 e. The number of fused-ring (bicyclic) bond motifs is 1. The molecule has 2 N–H and O–H groups in total. The van der Waals surface area contributed by atoms with E-state index in [1.54, 1.807) is 56.2 Å². The lowest BCUT2D eigenvalue weighted by atomic mass is 9.83. The minimum atomic E-state index is -0.812. The lowest BCUT2D eigenvalue weighted by Crippen LogP contribution is -2.33. The molecule has 186 valence electrons. The number of nitrogens with two attached hydrogens (primary N) is 1. The van der Waals surface area contributed by atoms with Gasteiger partial charge in [0.1, 0.15) is 28.9 Å². The lowest BCUT2D eigenvalue weighted by molar-refractivity contribution is 0.354. The third-order valence-electron chi connectivity index (χ3n) is 6.23. The van der Waals surface area contributed by atoms with E-state index in [0.29, 0.717) is 45.6 Å². The Bertz CT molecular complexity index is 1450. The topological polar surface area (TPSA) is 118 Å². The summed E-state index contributed by atoms with van der Waals surface area (Å²) in [6.07, 6.45) is 0. The Hall–Kier alpha value is -4.58. The maximum Gasteiger partial charge on any atom is 0.259 e. The zero-order chi connectivity index (χ0) is 26.0. The van der Waals surface area contributed by atoms with Gasteiger partial charge in [0.2, 0.25) is 5.88 Å². The van der Waals surface area contributed by atoms with Crippen LogP contribution in [0.3, 0.4) is 0 Å². The van der Waals surface area contributed by atoms with Crippen LogP contribution in [0.4, 0.5) is 0 Å². The zero-order valence-electron chi connectivity index (χ0n) is 20.7. The van der Waals surface area contributed by atoms with E-state index in [1.165, 1.54) is 7.11 Å². The van der Waals surface area contributed by atoms with Crippen molar-refractivity contribution < 1.29 is 23.7 Å². The second-order valence-electron chi connectivity index (χ2n) is 8.18. The van der Waals surface area contributed by atoms with E-state index in [4.69, 9.17) is 29.4 Å². The van der Waals surface area contributed by atoms with Gasteiger partial charge in [-0.2, -0.15) is 5.26 Å². The quantitative estimate of drug-likeness (QED) is 0.536. The van der Waals surface area contributed by atoms with Gasteiger partial charge >= 0.3 is 0 Å². The summed E-state index contributed by atoms with van der Waals surface area (Å²) >= 11 is 0. The van der Waals surface area contributed by atoms with Crippen molar-refractivity contribution >= 4 is 0 Å². The van der Waals surface area contributed by atoms with Gasteiger partial charge in [0.05, 0.1) is 46.5 Å². The molecule has 0 bridgehead atoms. The second-order valence-corrected chi connectivity index (χ2v) is 8.18. The first-order valence-electron chi connectivity index (χ1n) is 11.1. The average Bonchev–Trinajstić information content (AvgIpc) is 2.89. The fourth-order valence-electron chi connectivity index (χ4n) is 4.42. The number of benzene rings is 2. The van der Waals surface area contributed by atoms with Crippen LogP contribution in [-0.4, -0.2) is 33.0 Å². The molecule has 4 rings (SSSR count). The van der Waals surface area contributed by atoms with E-state index in [1.807, 2.05) is 19.1 Å². The number of aromatic nitrogens is 1. The van der Waals surface area contributed by atoms with E-state index < -0.39 is 5.92 Å². The van der Waals surface area contributed by atoms with Gasteiger partial charge in [-0.05, 0) is 42.8 Å². The first-order chi connectivity index (χ1) is 17.4. The van der Waals surface area contributed by atoms with E-state index in [-0.39, 0.29) is 23.6 Å². The van der Waals surface area contributed by atoms with Crippen LogP contribution in [0.15, 0.2) is 58.7 Å². The van der Waals surface area contributed by atoms with Gasteiger partial charge in [-0.25, -0.2) is 0 Å². The summed E-state index contributed by atoms with van der Waals surface area (Å²) in [6, 6.07) is 14.6. The van der Waals surface area contributed by atoms with Crippen LogP contribution in [0.1, 0.15) is 28.3 Å². The number of aryl methyl sites for hydroxylation is 1. The molecule has 0 amide bonds. The maximum absolute atomic E-state index is 14.0. The van der Waals surface area contributed by atoms with Crippen molar-refractivity contribution in [1.29, 1.82) is 5.26 Å². The normalized spacial score (nSPS) is 14.4. The highest BCUT2D eigenvalue weighted by molar-refractivity contribution is 5.59. The Kier molecular flexibility index (Phi) is 6.79. The Morgan fingerprint density at radius 1 is 0.972 bits per heavy atom. The number of pyridine rings is 1. The Morgan fingerprint density at radius 2 is 1.67 bits per heavy atom. The number of rotatable bonds is 7. The first kappa shape index (κ1) is 24.5. The van der Waals surface area contributed by atoms with Crippen LogP contribution < -0.4 is 35.0 Å². The molecule has 2 aromatic carbocycles. The zero-order valence-corrected chi connectivity index (χ0v) is 20.7. The fourth-order valence-corrected chi connectivity index (χ4v) is 4.42. The third-order valence-corrected chi connectivity index (χ3v) is 6.23. The van der Waals surface area contributed by atoms with Crippen molar-refractivity contribution in [2.75, 3.05) is 28.4 Å². The summed E-state index contributed by atoms with van der Waals surface area (Å²) in [5.74, 6) is 1.61. The highest BCUT2D eigenvalue weighted by Crippen LogP contribution is 2.44. The monoisotopic (exact) mass is 489 g/mol. The number of hydrogen-bond donors (Lipinski definition) is 1. The van der Waals surface area contributed by atoms with Gasteiger partial charge < -0.3 is 34.0 Å². The molecule has 0 aliphatic carbocycles. The number of nitriles is 1. The standard InChI is InChI=1S/C27H27N3O6/c1-15-10-23-25(27(31)30(15)14-16-6-8-21(34-4)22(11-16)35-5)24(19(13-28)26(29)36-23)18-12-17(32-2)7-9-20(18)33-3/h6-12,24H,14,29H2,1-5H3. The summed E-state index contributed by atoms with van der Waals surface area (Å²) in [4.78, 5) is 14.0. The van der Waals surface area contributed by atoms with Crippen molar-refractivity contribution in [3.8, 4) is 34.8 Å². The SMILES string of the molecule is COc1ccc(OC)c(C2C(C#N)=C(N)Oc3cc(C)n(Cc4ccc(OC)c(OC)c4)c(=O)c32)c1. The molecule has 1 unspecified atom stereocenters. The van der Waals surface area contributed by atoms with Gasteiger partial charge in [0.15, 0.2) is 11.5 Å². The summed E-state index contributed by atoms with van der Waals surface area (Å²) in [6.45, 7) is 2.08. The molecule has 1 aromatic heterocycles. The molecule has 0 saturated carbocycles. The summed E-state index contributed by atoms with van der Waals surface area (Å²) in [5.41, 5.74) is 8.31. The van der Waals surface area contributed by atoms with Gasteiger partial charge in [0.25, 0.3) is 5.56 Å².